The maximum atomic E-state index is 12.3. The summed E-state index contributed by atoms with van der Waals surface area (Å²) >= 11 is 1.51. The summed E-state index contributed by atoms with van der Waals surface area (Å²) in [6, 6.07) is 8.88. The molecular formula is C15H19N3O4S. The lowest BCUT2D eigenvalue weighted by Crippen LogP contribution is -2.52. The first-order chi connectivity index (χ1) is 11.0. The number of nitrogens with one attached hydrogen (secondary N) is 2. The van der Waals surface area contributed by atoms with Crippen LogP contribution in [0.5, 0.6) is 0 Å². The van der Waals surface area contributed by atoms with Crippen LogP contribution in [0.3, 0.4) is 0 Å². The highest BCUT2D eigenvalue weighted by Gasteiger charge is 2.40. The van der Waals surface area contributed by atoms with Crippen molar-refractivity contribution in [2.75, 3.05) is 12.4 Å². The van der Waals surface area contributed by atoms with Crippen LogP contribution >= 0.6 is 11.8 Å². The van der Waals surface area contributed by atoms with E-state index in [2.05, 4.69) is 15.6 Å². The third-order valence-electron chi connectivity index (χ3n) is 3.31. The molecule has 0 spiro atoms. The third kappa shape index (κ3) is 4.16. The first-order valence-electron chi connectivity index (χ1n) is 7.22. The highest BCUT2D eigenvalue weighted by atomic mass is 32.2. The lowest BCUT2D eigenvalue weighted by Gasteiger charge is -2.27. The largest absolute Gasteiger partial charge is 0.449 e. The monoisotopic (exact) mass is 337 g/mol. The van der Waals surface area contributed by atoms with Gasteiger partial charge in [-0.3, -0.25) is 15.0 Å². The van der Waals surface area contributed by atoms with Crippen LogP contribution < -0.4 is 10.9 Å². The predicted octanol–water partition coefficient (Wildman–Crippen LogP) is 1.43. The van der Waals surface area contributed by atoms with Crippen molar-refractivity contribution in [2.45, 2.75) is 25.3 Å². The van der Waals surface area contributed by atoms with Crippen molar-refractivity contribution < 1.29 is 19.1 Å². The summed E-state index contributed by atoms with van der Waals surface area (Å²) in [6.45, 7) is 3.30. The lowest BCUT2D eigenvalue weighted by molar-refractivity contribution is -0.138. The zero-order valence-corrected chi connectivity index (χ0v) is 13.8. The number of carbonyl (C=O) groups is 3. The number of carbonyl (C=O) groups excluding carboxylic acids is 3. The molecule has 0 unspecified atom stereocenters. The second-order valence-corrected chi connectivity index (χ2v) is 5.99. The highest BCUT2D eigenvalue weighted by Crippen LogP contribution is 2.41. The van der Waals surface area contributed by atoms with Gasteiger partial charge >= 0.3 is 6.09 Å². The number of rotatable bonds is 3. The summed E-state index contributed by atoms with van der Waals surface area (Å²) in [5, 5.41) is -0.216. The third-order valence-corrected chi connectivity index (χ3v) is 4.64. The summed E-state index contributed by atoms with van der Waals surface area (Å²) in [5.41, 5.74) is 5.42. The van der Waals surface area contributed by atoms with E-state index in [9.17, 15) is 14.4 Å². The Balaban J connectivity index is 2.06. The van der Waals surface area contributed by atoms with E-state index in [0.29, 0.717) is 5.75 Å². The zero-order chi connectivity index (χ0) is 16.8. The molecule has 1 heterocycles. The van der Waals surface area contributed by atoms with Gasteiger partial charge in [0.05, 0.1) is 6.61 Å². The van der Waals surface area contributed by atoms with Gasteiger partial charge < -0.3 is 9.64 Å². The Hall–Kier alpha value is -2.22. The lowest BCUT2D eigenvalue weighted by atomic mass is 10.1. The average Bonchev–Trinajstić information content (AvgIpc) is 2.99. The Labute approximate surface area is 138 Å². The average molecular weight is 337 g/mol. The fourth-order valence-electron chi connectivity index (χ4n) is 2.33. The molecule has 1 aliphatic rings. The van der Waals surface area contributed by atoms with Crippen LogP contribution in [0.25, 0.3) is 0 Å². The van der Waals surface area contributed by atoms with E-state index >= 15 is 0 Å². The van der Waals surface area contributed by atoms with Crippen LogP contribution in [0.2, 0.25) is 0 Å². The Morgan fingerprint density at radius 3 is 2.57 bits per heavy atom. The van der Waals surface area contributed by atoms with Crippen molar-refractivity contribution in [3.05, 3.63) is 35.9 Å². The Bertz CT molecular complexity index is 581. The van der Waals surface area contributed by atoms with Crippen LogP contribution in [-0.4, -0.2) is 41.2 Å². The van der Waals surface area contributed by atoms with Gasteiger partial charge in [0.25, 0.3) is 5.91 Å². The fourth-order valence-corrected chi connectivity index (χ4v) is 3.81. The summed E-state index contributed by atoms with van der Waals surface area (Å²) < 4.78 is 4.67. The molecule has 0 aromatic heterocycles. The van der Waals surface area contributed by atoms with Crippen molar-refractivity contribution in [3.8, 4) is 0 Å². The molecule has 124 valence electrons. The number of amides is 3. The first kappa shape index (κ1) is 17.1. The minimum Gasteiger partial charge on any atom is -0.449 e. The molecule has 1 saturated heterocycles. The van der Waals surface area contributed by atoms with Gasteiger partial charge in [0.1, 0.15) is 11.4 Å². The summed E-state index contributed by atoms with van der Waals surface area (Å²) in [7, 11) is 0. The number of benzene rings is 1. The topological polar surface area (TPSA) is 87.7 Å². The summed E-state index contributed by atoms with van der Waals surface area (Å²) in [5.74, 6) is -0.186. The SMILES string of the molecule is CCOC(=O)NNC(=O)[C@@H]1CS[C@@H](c2ccccc2)N1C(C)=O. The van der Waals surface area contributed by atoms with Gasteiger partial charge in [-0.2, -0.15) is 0 Å². The summed E-state index contributed by atoms with van der Waals surface area (Å²) in [4.78, 5) is 37.0. The van der Waals surface area contributed by atoms with Gasteiger partial charge in [0, 0.05) is 12.7 Å². The number of thioether (sulfide) groups is 1. The first-order valence-corrected chi connectivity index (χ1v) is 8.27. The number of nitrogens with zero attached hydrogens (tertiary/aromatic N) is 1. The van der Waals surface area contributed by atoms with E-state index in [4.69, 9.17) is 0 Å². The number of ether oxygens (including phenoxy) is 1. The van der Waals surface area contributed by atoms with Gasteiger partial charge in [0.15, 0.2) is 0 Å². The van der Waals surface area contributed by atoms with Gasteiger partial charge in [0.2, 0.25) is 5.91 Å². The highest BCUT2D eigenvalue weighted by molar-refractivity contribution is 7.99. The minimum atomic E-state index is -0.736. The summed E-state index contributed by atoms with van der Waals surface area (Å²) in [6.07, 6.45) is -0.736. The molecule has 1 aromatic rings. The van der Waals surface area contributed by atoms with Gasteiger partial charge in [-0.15, -0.1) is 11.8 Å². The number of hydrazine groups is 1. The van der Waals surface area contributed by atoms with Crippen LogP contribution in [0.15, 0.2) is 30.3 Å². The van der Waals surface area contributed by atoms with Crippen molar-refractivity contribution in [2.24, 2.45) is 0 Å². The molecule has 0 radical (unpaired) electrons. The maximum absolute atomic E-state index is 12.3. The van der Waals surface area contributed by atoms with E-state index < -0.39 is 18.0 Å². The molecule has 7 nitrogen and oxygen atoms in total. The van der Waals surface area contributed by atoms with Gasteiger partial charge in [-0.1, -0.05) is 30.3 Å². The van der Waals surface area contributed by atoms with Crippen LogP contribution in [0.4, 0.5) is 4.79 Å². The van der Waals surface area contributed by atoms with Gasteiger partial charge in [-0.25, -0.2) is 10.2 Å². The van der Waals surface area contributed by atoms with Crippen molar-refractivity contribution >= 4 is 29.7 Å². The van der Waals surface area contributed by atoms with E-state index in [0.717, 1.165) is 5.56 Å². The molecule has 0 aliphatic carbocycles. The molecule has 2 rings (SSSR count). The second-order valence-electron chi connectivity index (χ2n) is 4.87. The Morgan fingerprint density at radius 2 is 1.96 bits per heavy atom. The fraction of sp³-hybridized carbons (Fsp3) is 0.400. The predicted molar refractivity (Wildman–Crippen MR) is 86.2 cm³/mol. The van der Waals surface area contributed by atoms with E-state index in [1.165, 1.54) is 23.6 Å². The zero-order valence-electron chi connectivity index (χ0n) is 12.9. The molecular weight excluding hydrogens is 318 g/mol. The van der Waals surface area contributed by atoms with Crippen LogP contribution in [0, 0.1) is 0 Å². The van der Waals surface area contributed by atoms with E-state index in [1.807, 2.05) is 30.3 Å². The molecule has 1 aliphatic heterocycles. The van der Waals surface area contributed by atoms with Crippen LogP contribution in [0.1, 0.15) is 24.8 Å². The molecule has 1 fully saturated rings. The minimum absolute atomic E-state index is 0.194. The van der Waals surface area contributed by atoms with Crippen LogP contribution in [-0.2, 0) is 14.3 Å². The second kappa shape index (κ2) is 7.87. The van der Waals surface area contributed by atoms with E-state index in [1.54, 1.807) is 6.92 Å². The molecule has 2 N–H and O–H groups in total. The maximum Gasteiger partial charge on any atom is 0.426 e. The quantitative estimate of drug-likeness (QED) is 0.815. The molecule has 23 heavy (non-hydrogen) atoms. The van der Waals surface area contributed by atoms with Gasteiger partial charge in [-0.05, 0) is 12.5 Å². The van der Waals surface area contributed by atoms with Crippen molar-refractivity contribution in [3.63, 3.8) is 0 Å². The molecule has 2 atom stereocenters. The molecule has 3 amide bonds. The molecule has 8 heteroatoms. The molecule has 1 aromatic carbocycles. The molecule has 0 bridgehead atoms. The van der Waals surface area contributed by atoms with E-state index in [-0.39, 0.29) is 17.9 Å². The standard InChI is InChI=1S/C15H19N3O4S/c1-3-22-15(21)17-16-13(20)12-9-23-14(18(12)10(2)19)11-7-5-4-6-8-11/h4-8,12,14H,3,9H2,1-2H3,(H,16,20)(H,17,21)/t12-,14-/m0/s1. The number of hydrogen-bond donors (Lipinski definition) is 2. The Kier molecular flexibility index (Phi) is 5.86. The number of hydrogen-bond acceptors (Lipinski definition) is 5. The van der Waals surface area contributed by atoms with Crippen molar-refractivity contribution in [1.29, 1.82) is 0 Å². The smallest absolute Gasteiger partial charge is 0.426 e. The molecule has 0 saturated carbocycles. The Morgan fingerprint density at radius 1 is 1.26 bits per heavy atom. The normalized spacial score (nSPS) is 20.0. The van der Waals surface area contributed by atoms with Crippen molar-refractivity contribution in [1.82, 2.24) is 15.8 Å².